The molecule has 22 heavy (non-hydrogen) atoms. The van der Waals surface area contributed by atoms with E-state index >= 15 is 0 Å². The van der Waals surface area contributed by atoms with Gasteiger partial charge in [-0.3, -0.25) is 4.90 Å². The van der Waals surface area contributed by atoms with E-state index < -0.39 is 13.9 Å². The van der Waals surface area contributed by atoms with Gasteiger partial charge in [0.15, 0.2) is 8.32 Å². The highest BCUT2D eigenvalue weighted by Gasteiger charge is 2.44. The summed E-state index contributed by atoms with van der Waals surface area (Å²) in [6.45, 7) is 17.1. The minimum Gasteiger partial charge on any atom is -0.444 e. The molecule has 5 heteroatoms. The fraction of sp³-hybridized carbons (Fsp3) is 0.824. The van der Waals surface area contributed by atoms with Crippen molar-refractivity contribution in [2.24, 2.45) is 0 Å². The maximum Gasteiger partial charge on any atom is 0.411 e. The average Bonchev–Trinajstić information content (AvgIpc) is 2.67. The van der Waals surface area contributed by atoms with Crippen molar-refractivity contribution in [1.82, 2.24) is 4.90 Å². The summed E-state index contributed by atoms with van der Waals surface area (Å²) in [5, 5.41) is 0.137. The largest absolute Gasteiger partial charge is 0.444 e. The lowest BCUT2D eigenvalue weighted by atomic mass is 10.2. The van der Waals surface area contributed by atoms with Gasteiger partial charge in [0, 0.05) is 6.42 Å². The predicted octanol–water partition coefficient (Wildman–Crippen LogP) is 4.02. The van der Waals surface area contributed by atoms with E-state index in [9.17, 15) is 4.79 Å². The third-order valence-electron chi connectivity index (χ3n) is 4.35. The van der Waals surface area contributed by atoms with Crippen LogP contribution < -0.4 is 0 Å². The molecule has 1 heterocycles. The molecule has 4 nitrogen and oxygen atoms in total. The number of terminal acetylenes is 1. The van der Waals surface area contributed by atoms with E-state index in [1.165, 1.54) is 0 Å². The van der Waals surface area contributed by atoms with E-state index in [0.717, 1.165) is 0 Å². The van der Waals surface area contributed by atoms with Gasteiger partial charge in [0.05, 0.1) is 18.7 Å². The molecule has 0 bridgehead atoms. The number of likely N-dealkylation sites (tertiary alicyclic amines) is 1. The van der Waals surface area contributed by atoms with Crippen LogP contribution in [-0.4, -0.2) is 43.6 Å². The summed E-state index contributed by atoms with van der Waals surface area (Å²) in [7, 11) is -1.87. The van der Waals surface area contributed by atoms with Gasteiger partial charge in [0.1, 0.15) is 5.60 Å². The molecular formula is C17H31NO3Si. The Bertz CT molecular complexity index is 454. The summed E-state index contributed by atoms with van der Waals surface area (Å²) in [6.07, 6.45) is 5.92. The van der Waals surface area contributed by atoms with E-state index in [1.807, 2.05) is 20.8 Å². The summed E-state index contributed by atoms with van der Waals surface area (Å²) in [6, 6.07) is -0.246. The third kappa shape index (κ3) is 4.75. The average molecular weight is 326 g/mol. The van der Waals surface area contributed by atoms with Gasteiger partial charge in [-0.1, -0.05) is 26.7 Å². The molecule has 126 valence electrons. The molecule has 1 aliphatic rings. The molecule has 0 aromatic heterocycles. The van der Waals surface area contributed by atoms with Crippen LogP contribution in [0.3, 0.4) is 0 Å². The van der Waals surface area contributed by atoms with Crippen molar-refractivity contribution in [3.05, 3.63) is 0 Å². The normalized spacial score (nSPS) is 23.3. The van der Waals surface area contributed by atoms with Crippen molar-refractivity contribution in [3.63, 3.8) is 0 Å². The fourth-order valence-electron chi connectivity index (χ4n) is 2.16. The summed E-state index contributed by atoms with van der Waals surface area (Å²) in [5.74, 6) is 2.70. The second-order valence-electron chi connectivity index (χ2n) is 8.55. The summed E-state index contributed by atoms with van der Waals surface area (Å²) >= 11 is 0. The minimum atomic E-state index is -1.87. The molecule has 1 rings (SSSR count). The molecule has 0 aromatic carbocycles. The summed E-state index contributed by atoms with van der Waals surface area (Å²) in [5.41, 5.74) is -0.519. The van der Waals surface area contributed by atoms with Gasteiger partial charge in [-0.25, -0.2) is 4.79 Å². The first-order chi connectivity index (χ1) is 9.77. The van der Waals surface area contributed by atoms with E-state index in [0.29, 0.717) is 13.0 Å². The van der Waals surface area contributed by atoms with Crippen LogP contribution in [0, 0.1) is 12.3 Å². The molecule has 1 aliphatic heterocycles. The molecule has 1 fully saturated rings. The zero-order valence-electron chi connectivity index (χ0n) is 15.3. The number of hydrogen-bond donors (Lipinski definition) is 0. The van der Waals surface area contributed by atoms with E-state index in [1.54, 1.807) is 4.90 Å². The first-order valence-corrected chi connectivity index (χ1v) is 10.8. The molecule has 0 spiro atoms. The quantitative estimate of drug-likeness (QED) is 0.568. The van der Waals surface area contributed by atoms with Crippen molar-refractivity contribution in [1.29, 1.82) is 0 Å². The number of carbonyl (C=O) groups excluding carboxylic acids is 1. The highest BCUT2D eigenvalue weighted by molar-refractivity contribution is 6.74. The zero-order chi connectivity index (χ0) is 17.3. The number of ether oxygens (including phenoxy) is 1. The monoisotopic (exact) mass is 325 g/mol. The van der Waals surface area contributed by atoms with Crippen LogP contribution in [0.25, 0.3) is 0 Å². The van der Waals surface area contributed by atoms with E-state index in [4.69, 9.17) is 15.6 Å². The van der Waals surface area contributed by atoms with Crippen molar-refractivity contribution in [2.75, 3.05) is 6.54 Å². The van der Waals surface area contributed by atoms with Gasteiger partial charge in [-0.2, -0.15) is 0 Å². The van der Waals surface area contributed by atoms with Crippen LogP contribution >= 0.6 is 0 Å². The standard InChI is InChI=1S/C17H31NO3Si/c1-10-13-11-14(21-22(8,9)17(5,6)7)12-18(13)15(19)20-16(2,3)4/h1,13-14H,11-12H2,2-9H3/t13-,14-/m1/s1. The second-order valence-corrected chi connectivity index (χ2v) is 13.3. The predicted molar refractivity (Wildman–Crippen MR) is 92.2 cm³/mol. The Morgan fingerprint density at radius 1 is 1.23 bits per heavy atom. The zero-order valence-corrected chi connectivity index (χ0v) is 16.3. The Labute approximate surface area is 136 Å². The molecule has 0 unspecified atom stereocenters. The van der Waals surface area contributed by atoms with Crippen LogP contribution in [0.2, 0.25) is 18.1 Å². The molecule has 0 N–H and O–H groups in total. The lowest BCUT2D eigenvalue weighted by molar-refractivity contribution is 0.0242. The number of rotatable bonds is 2. The van der Waals surface area contributed by atoms with Gasteiger partial charge >= 0.3 is 6.09 Å². The van der Waals surface area contributed by atoms with Crippen molar-refractivity contribution in [3.8, 4) is 12.3 Å². The first kappa shape index (κ1) is 19.1. The highest BCUT2D eigenvalue weighted by Crippen LogP contribution is 2.39. The molecule has 1 amide bonds. The first-order valence-electron chi connectivity index (χ1n) is 7.90. The molecular weight excluding hydrogens is 294 g/mol. The highest BCUT2D eigenvalue weighted by atomic mass is 28.4. The van der Waals surface area contributed by atoms with Gasteiger partial charge in [-0.05, 0) is 38.9 Å². The van der Waals surface area contributed by atoms with Gasteiger partial charge < -0.3 is 9.16 Å². The minimum absolute atomic E-state index is 0.00513. The van der Waals surface area contributed by atoms with E-state index in [-0.39, 0.29) is 23.3 Å². The smallest absolute Gasteiger partial charge is 0.411 e. The molecule has 1 saturated heterocycles. The Kier molecular flexibility index (Phi) is 5.41. The van der Waals surface area contributed by atoms with Crippen molar-refractivity contribution in [2.45, 2.75) is 83.8 Å². The maximum absolute atomic E-state index is 12.3. The number of amides is 1. The summed E-state index contributed by atoms with van der Waals surface area (Å²) < 4.78 is 11.8. The fourth-order valence-corrected chi connectivity index (χ4v) is 3.51. The third-order valence-corrected chi connectivity index (χ3v) is 8.89. The van der Waals surface area contributed by atoms with Crippen LogP contribution in [0.15, 0.2) is 0 Å². The molecule has 0 radical (unpaired) electrons. The summed E-state index contributed by atoms with van der Waals surface area (Å²) in [4.78, 5) is 13.9. The lowest BCUT2D eigenvalue weighted by Gasteiger charge is -2.38. The van der Waals surface area contributed by atoms with Crippen molar-refractivity contribution < 1.29 is 14.0 Å². The Morgan fingerprint density at radius 3 is 2.18 bits per heavy atom. The second kappa shape index (κ2) is 6.25. The molecule has 0 saturated carbocycles. The van der Waals surface area contributed by atoms with Crippen molar-refractivity contribution >= 4 is 14.4 Å². The Morgan fingerprint density at radius 2 is 1.77 bits per heavy atom. The Hall–Kier alpha value is -0.993. The molecule has 0 aromatic rings. The van der Waals surface area contributed by atoms with Gasteiger partial charge in [0.25, 0.3) is 0 Å². The van der Waals surface area contributed by atoms with Crippen LogP contribution in [0.4, 0.5) is 4.79 Å². The van der Waals surface area contributed by atoms with Gasteiger partial charge in [0.2, 0.25) is 0 Å². The maximum atomic E-state index is 12.3. The van der Waals surface area contributed by atoms with Gasteiger partial charge in [-0.15, -0.1) is 6.42 Å². The molecule has 2 atom stereocenters. The Balaban J connectivity index is 2.78. The van der Waals surface area contributed by atoms with Crippen LogP contribution in [0.5, 0.6) is 0 Å². The SMILES string of the molecule is C#C[C@@H]1C[C@@H](O[Si](C)(C)C(C)(C)C)CN1C(=O)OC(C)(C)C. The topological polar surface area (TPSA) is 38.8 Å². The van der Waals surface area contributed by atoms with Crippen LogP contribution in [0.1, 0.15) is 48.0 Å². The lowest BCUT2D eigenvalue weighted by Crippen LogP contribution is -2.45. The molecule has 0 aliphatic carbocycles. The van der Waals surface area contributed by atoms with E-state index in [2.05, 4.69) is 39.8 Å². The number of nitrogens with zero attached hydrogens (tertiary/aromatic N) is 1. The number of carbonyl (C=O) groups is 1. The number of hydrogen-bond acceptors (Lipinski definition) is 3. The van der Waals surface area contributed by atoms with Crippen LogP contribution in [-0.2, 0) is 9.16 Å².